The lowest BCUT2D eigenvalue weighted by atomic mass is 10.2. The van der Waals surface area contributed by atoms with E-state index in [1.165, 1.54) is 18.6 Å². The van der Waals surface area contributed by atoms with Crippen molar-refractivity contribution in [1.82, 2.24) is 20.3 Å². The van der Waals surface area contributed by atoms with Crippen molar-refractivity contribution in [3.05, 3.63) is 47.1 Å². The van der Waals surface area contributed by atoms with Crippen molar-refractivity contribution >= 4 is 23.3 Å². The van der Waals surface area contributed by atoms with Crippen molar-refractivity contribution in [3.8, 4) is 0 Å². The predicted octanol–water partition coefficient (Wildman–Crippen LogP) is 0.741. The van der Waals surface area contributed by atoms with Crippen LogP contribution in [-0.2, 0) is 6.54 Å². The van der Waals surface area contributed by atoms with Gasteiger partial charge in [0.25, 0.3) is 5.91 Å². The number of carbonyl (C=O) groups excluding carboxylic acids is 1. The zero-order valence-corrected chi connectivity index (χ0v) is 10.6. The molecule has 0 aliphatic heterocycles. The van der Waals surface area contributed by atoms with Gasteiger partial charge in [0.05, 0.1) is 22.8 Å². The van der Waals surface area contributed by atoms with E-state index in [0.29, 0.717) is 23.6 Å². The van der Waals surface area contributed by atoms with Gasteiger partial charge >= 0.3 is 0 Å². The summed E-state index contributed by atoms with van der Waals surface area (Å²) in [5.74, 6) is 5.22. The molecule has 2 aromatic heterocycles. The molecule has 0 radical (unpaired) electrons. The molecule has 0 atom stereocenters. The zero-order chi connectivity index (χ0) is 13.7. The molecule has 98 valence electrons. The van der Waals surface area contributed by atoms with Gasteiger partial charge in [0.15, 0.2) is 5.82 Å². The Bertz CT molecular complexity index is 577. The number of nitrogens with one attached hydrogen (secondary N) is 2. The largest absolute Gasteiger partial charge is 0.346 e. The Morgan fingerprint density at radius 3 is 2.89 bits per heavy atom. The van der Waals surface area contributed by atoms with Gasteiger partial charge in [0.2, 0.25) is 0 Å². The molecule has 7 nitrogen and oxygen atoms in total. The molecule has 1 amide bonds. The number of pyridine rings is 1. The molecule has 4 N–H and O–H groups in total. The highest BCUT2D eigenvalue weighted by molar-refractivity contribution is 6.33. The van der Waals surface area contributed by atoms with Crippen molar-refractivity contribution in [1.29, 1.82) is 0 Å². The van der Waals surface area contributed by atoms with Gasteiger partial charge in [-0.1, -0.05) is 11.6 Å². The lowest BCUT2D eigenvalue weighted by molar-refractivity contribution is 0.0950. The number of anilines is 1. The van der Waals surface area contributed by atoms with Crippen LogP contribution in [0.1, 0.15) is 16.1 Å². The van der Waals surface area contributed by atoms with Crippen LogP contribution in [0.4, 0.5) is 5.82 Å². The van der Waals surface area contributed by atoms with Gasteiger partial charge < -0.3 is 10.7 Å². The van der Waals surface area contributed by atoms with E-state index in [1.54, 1.807) is 12.3 Å². The van der Waals surface area contributed by atoms with E-state index in [1.807, 2.05) is 0 Å². The Kier molecular flexibility index (Phi) is 4.22. The summed E-state index contributed by atoms with van der Waals surface area (Å²) < 4.78 is 0. The van der Waals surface area contributed by atoms with Gasteiger partial charge in [0, 0.05) is 12.4 Å². The maximum Gasteiger partial charge on any atom is 0.253 e. The minimum atomic E-state index is -0.295. The van der Waals surface area contributed by atoms with Crippen LogP contribution in [0.25, 0.3) is 0 Å². The minimum Gasteiger partial charge on any atom is -0.346 e. The predicted molar refractivity (Wildman–Crippen MR) is 70.3 cm³/mol. The number of nitrogen functional groups attached to an aromatic ring is 1. The van der Waals surface area contributed by atoms with Crippen LogP contribution in [0.2, 0.25) is 5.02 Å². The molecule has 0 aromatic carbocycles. The Labute approximate surface area is 114 Å². The Balaban J connectivity index is 2.02. The van der Waals surface area contributed by atoms with E-state index in [9.17, 15) is 4.79 Å². The third-order valence-electron chi connectivity index (χ3n) is 2.31. The molecule has 0 aliphatic carbocycles. The summed E-state index contributed by atoms with van der Waals surface area (Å²) in [5.41, 5.74) is 3.38. The van der Waals surface area contributed by atoms with Crippen molar-refractivity contribution < 1.29 is 4.79 Å². The van der Waals surface area contributed by atoms with E-state index in [-0.39, 0.29) is 10.9 Å². The van der Waals surface area contributed by atoms with Gasteiger partial charge in [-0.2, -0.15) is 0 Å². The molecule has 2 aromatic rings. The summed E-state index contributed by atoms with van der Waals surface area (Å²) in [7, 11) is 0. The Morgan fingerprint density at radius 2 is 2.26 bits per heavy atom. The van der Waals surface area contributed by atoms with Crippen LogP contribution < -0.4 is 16.6 Å². The van der Waals surface area contributed by atoms with Crippen LogP contribution in [0, 0.1) is 0 Å². The molecule has 0 aliphatic rings. The van der Waals surface area contributed by atoms with Gasteiger partial charge in [-0.15, -0.1) is 0 Å². The number of nitrogens with zero attached hydrogens (tertiary/aromatic N) is 3. The smallest absolute Gasteiger partial charge is 0.253 e. The minimum absolute atomic E-state index is 0.275. The number of hydrogen-bond acceptors (Lipinski definition) is 6. The van der Waals surface area contributed by atoms with Gasteiger partial charge in [-0.05, 0) is 12.1 Å². The van der Waals surface area contributed by atoms with Crippen LogP contribution in [0.3, 0.4) is 0 Å². The molecule has 8 heteroatoms. The molecular weight excluding hydrogens is 268 g/mol. The Morgan fingerprint density at radius 1 is 1.42 bits per heavy atom. The van der Waals surface area contributed by atoms with E-state index in [2.05, 4.69) is 25.7 Å². The third kappa shape index (κ3) is 3.36. The molecule has 2 heterocycles. The van der Waals surface area contributed by atoms with Gasteiger partial charge in [-0.25, -0.2) is 20.8 Å². The van der Waals surface area contributed by atoms with E-state index >= 15 is 0 Å². The van der Waals surface area contributed by atoms with Gasteiger partial charge in [-0.3, -0.25) is 4.79 Å². The zero-order valence-electron chi connectivity index (χ0n) is 9.80. The first-order chi connectivity index (χ1) is 9.20. The van der Waals surface area contributed by atoms with Crippen molar-refractivity contribution in [2.45, 2.75) is 6.54 Å². The summed E-state index contributed by atoms with van der Waals surface area (Å²) in [6.07, 6.45) is 4.41. The quantitative estimate of drug-likeness (QED) is 0.563. The van der Waals surface area contributed by atoms with Gasteiger partial charge in [0.1, 0.15) is 6.33 Å². The van der Waals surface area contributed by atoms with Crippen molar-refractivity contribution in [2.75, 3.05) is 5.43 Å². The number of halogens is 1. The highest BCUT2D eigenvalue weighted by Crippen LogP contribution is 2.18. The molecule has 0 saturated heterocycles. The average molecular weight is 279 g/mol. The number of hydrogen-bond donors (Lipinski definition) is 3. The highest BCUT2D eigenvalue weighted by Gasteiger charge is 2.09. The second-order valence-electron chi connectivity index (χ2n) is 3.58. The number of rotatable bonds is 4. The lowest BCUT2D eigenvalue weighted by Crippen LogP contribution is -2.23. The van der Waals surface area contributed by atoms with E-state index in [0.717, 1.165) is 0 Å². The number of carbonyl (C=O) groups is 1. The summed E-state index contributed by atoms with van der Waals surface area (Å²) >= 11 is 5.89. The fourth-order valence-electron chi connectivity index (χ4n) is 1.36. The second-order valence-corrected chi connectivity index (χ2v) is 3.99. The summed E-state index contributed by atoms with van der Waals surface area (Å²) in [5, 5.41) is 2.98. The van der Waals surface area contributed by atoms with Crippen molar-refractivity contribution in [2.24, 2.45) is 5.84 Å². The number of aromatic nitrogens is 3. The summed E-state index contributed by atoms with van der Waals surface area (Å²) in [6, 6.07) is 3.20. The molecule has 0 spiro atoms. The number of amides is 1. The molecule has 0 unspecified atom stereocenters. The first kappa shape index (κ1) is 13.2. The molecule has 2 rings (SSSR count). The normalized spacial score (nSPS) is 10.0. The fraction of sp³-hybridized carbons (Fsp3) is 0.0909. The van der Waals surface area contributed by atoms with E-state index in [4.69, 9.17) is 17.4 Å². The van der Waals surface area contributed by atoms with Crippen LogP contribution in [-0.4, -0.2) is 20.9 Å². The van der Waals surface area contributed by atoms with Crippen molar-refractivity contribution in [3.63, 3.8) is 0 Å². The molecule has 0 bridgehead atoms. The average Bonchev–Trinajstić information content (AvgIpc) is 2.45. The van der Waals surface area contributed by atoms with Crippen LogP contribution >= 0.6 is 11.6 Å². The van der Waals surface area contributed by atoms with Crippen LogP contribution in [0.5, 0.6) is 0 Å². The maximum atomic E-state index is 11.9. The standard InChI is InChI=1S/C11H11ClN6O/c12-9-3-7(4-15-10(9)18-13)11(19)16-5-8-1-2-14-6-17-8/h1-4,6H,5,13H2,(H,15,18)(H,16,19). The highest BCUT2D eigenvalue weighted by atomic mass is 35.5. The summed E-state index contributed by atoms with van der Waals surface area (Å²) in [4.78, 5) is 23.6. The first-order valence-electron chi connectivity index (χ1n) is 5.36. The summed E-state index contributed by atoms with van der Waals surface area (Å²) in [6.45, 7) is 0.301. The molecule has 19 heavy (non-hydrogen) atoms. The molecular formula is C11H11ClN6O. The number of hydrazine groups is 1. The molecule has 0 fully saturated rings. The SMILES string of the molecule is NNc1ncc(C(=O)NCc2ccncn2)cc1Cl. The monoisotopic (exact) mass is 278 g/mol. The first-order valence-corrected chi connectivity index (χ1v) is 5.73. The third-order valence-corrected chi connectivity index (χ3v) is 2.60. The molecule has 0 saturated carbocycles. The topological polar surface area (TPSA) is 106 Å². The maximum absolute atomic E-state index is 11.9. The van der Waals surface area contributed by atoms with Crippen LogP contribution in [0.15, 0.2) is 30.9 Å². The number of nitrogens with two attached hydrogens (primary N) is 1. The Hall–Kier alpha value is -2.25. The van der Waals surface area contributed by atoms with E-state index < -0.39 is 0 Å². The second kappa shape index (κ2) is 6.07. The fourth-order valence-corrected chi connectivity index (χ4v) is 1.58. The lowest BCUT2D eigenvalue weighted by Gasteiger charge is -2.06.